The molecule has 4 unspecified atom stereocenters. The SMILES string of the molecule is NCC1(CCNC2C3C4CCC(C4)C23)CCC1. The fraction of sp³-hybridized carbons (Fsp3) is 1.00. The van der Waals surface area contributed by atoms with Gasteiger partial charge in [0.1, 0.15) is 0 Å². The molecule has 4 aliphatic carbocycles. The van der Waals surface area contributed by atoms with Gasteiger partial charge in [0.25, 0.3) is 0 Å². The average molecular weight is 234 g/mol. The second kappa shape index (κ2) is 3.71. The van der Waals surface area contributed by atoms with E-state index in [9.17, 15) is 0 Å². The van der Waals surface area contributed by atoms with E-state index in [1.807, 2.05) is 0 Å². The van der Waals surface area contributed by atoms with Crippen molar-refractivity contribution in [1.29, 1.82) is 0 Å². The van der Waals surface area contributed by atoms with Gasteiger partial charge in [-0.05, 0) is 80.7 Å². The summed E-state index contributed by atoms with van der Waals surface area (Å²) in [5.74, 6) is 4.39. The highest BCUT2D eigenvalue weighted by Crippen LogP contribution is 2.65. The fourth-order valence-electron chi connectivity index (χ4n) is 5.34. The molecular formula is C15H26N2. The van der Waals surface area contributed by atoms with Crippen molar-refractivity contribution in [2.45, 2.75) is 51.0 Å². The molecule has 0 aromatic rings. The number of nitrogens with one attached hydrogen (secondary N) is 1. The summed E-state index contributed by atoms with van der Waals surface area (Å²) < 4.78 is 0. The fourth-order valence-corrected chi connectivity index (χ4v) is 5.34. The van der Waals surface area contributed by atoms with Crippen molar-refractivity contribution in [2.75, 3.05) is 13.1 Å². The van der Waals surface area contributed by atoms with Crippen LogP contribution in [0.4, 0.5) is 0 Å². The molecule has 4 saturated carbocycles. The topological polar surface area (TPSA) is 38.0 Å². The van der Waals surface area contributed by atoms with E-state index in [-0.39, 0.29) is 0 Å². The summed E-state index contributed by atoms with van der Waals surface area (Å²) in [7, 11) is 0. The lowest BCUT2D eigenvalue weighted by molar-refractivity contribution is 0.129. The molecule has 0 spiro atoms. The Labute approximate surface area is 105 Å². The molecule has 0 aliphatic heterocycles. The number of hydrogen-bond acceptors (Lipinski definition) is 2. The summed E-state index contributed by atoms with van der Waals surface area (Å²) in [5, 5.41) is 3.86. The van der Waals surface area contributed by atoms with Crippen LogP contribution in [0.1, 0.15) is 44.9 Å². The van der Waals surface area contributed by atoms with E-state index in [4.69, 9.17) is 5.73 Å². The van der Waals surface area contributed by atoms with Gasteiger partial charge in [-0.3, -0.25) is 0 Å². The molecule has 3 N–H and O–H groups in total. The maximum absolute atomic E-state index is 5.92. The highest BCUT2D eigenvalue weighted by molar-refractivity contribution is 5.16. The molecule has 0 saturated heterocycles. The molecule has 4 rings (SSSR count). The third-order valence-electron chi connectivity index (χ3n) is 6.62. The summed E-state index contributed by atoms with van der Waals surface area (Å²) in [6.07, 6.45) is 10.2. The van der Waals surface area contributed by atoms with Gasteiger partial charge >= 0.3 is 0 Å². The first-order valence-electron chi connectivity index (χ1n) is 7.76. The van der Waals surface area contributed by atoms with E-state index in [0.717, 1.165) is 36.3 Å². The van der Waals surface area contributed by atoms with Gasteiger partial charge in [0, 0.05) is 6.04 Å². The van der Waals surface area contributed by atoms with Gasteiger partial charge in [0.05, 0.1) is 0 Å². The number of nitrogens with two attached hydrogens (primary N) is 1. The smallest absolute Gasteiger partial charge is 0.0135 e. The van der Waals surface area contributed by atoms with Crippen LogP contribution in [0.3, 0.4) is 0 Å². The van der Waals surface area contributed by atoms with Gasteiger partial charge in [-0.1, -0.05) is 6.42 Å². The van der Waals surface area contributed by atoms with E-state index in [2.05, 4.69) is 5.32 Å². The van der Waals surface area contributed by atoms with Crippen LogP contribution in [0, 0.1) is 29.1 Å². The van der Waals surface area contributed by atoms with Gasteiger partial charge in [-0.25, -0.2) is 0 Å². The minimum Gasteiger partial charge on any atom is -0.330 e. The zero-order valence-corrected chi connectivity index (χ0v) is 10.8. The van der Waals surface area contributed by atoms with Crippen molar-refractivity contribution in [3.63, 3.8) is 0 Å². The molecule has 0 heterocycles. The number of hydrogen-bond donors (Lipinski definition) is 2. The first kappa shape index (κ1) is 10.8. The molecule has 4 atom stereocenters. The molecule has 17 heavy (non-hydrogen) atoms. The van der Waals surface area contributed by atoms with Crippen molar-refractivity contribution < 1.29 is 0 Å². The highest BCUT2D eigenvalue weighted by atomic mass is 15.0. The van der Waals surface area contributed by atoms with Crippen molar-refractivity contribution in [3.05, 3.63) is 0 Å². The van der Waals surface area contributed by atoms with Crippen LogP contribution in [0.2, 0.25) is 0 Å². The Hall–Kier alpha value is -0.0800. The predicted molar refractivity (Wildman–Crippen MR) is 69.6 cm³/mol. The second-order valence-electron chi connectivity index (χ2n) is 7.28. The third kappa shape index (κ3) is 1.53. The van der Waals surface area contributed by atoms with Gasteiger partial charge in [0.15, 0.2) is 0 Å². The van der Waals surface area contributed by atoms with E-state index >= 15 is 0 Å². The predicted octanol–water partition coefficient (Wildman–Crippen LogP) is 2.14. The van der Waals surface area contributed by atoms with Crippen LogP contribution in [0.5, 0.6) is 0 Å². The van der Waals surface area contributed by atoms with Crippen LogP contribution in [0.25, 0.3) is 0 Å². The maximum atomic E-state index is 5.92. The number of fused-ring (bicyclic) bond motifs is 5. The summed E-state index contributed by atoms with van der Waals surface area (Å²) >= 11 is 0. The van der Waals surface area contributed by atoms with E-state index in [1.54, 1.807) is 6.42 Å². The summed E-state index contributed by atoms with van der Waals surface area (Å²) in [4.78, 5) is 0. The first-order valence-corrected chi connectivity index (χ1v) is 7.76. The maximum Gasteiger partial charge on any atom is 0.0135 e. The monoisotopic (exact) mass is 234 g/mol. The normalized spacial score (nSPS) is 48.9. The van der Waals surface area contributed by atoms with Crippen LogP contribution < -0.4 is 11.1 Å². The van der Waals surface area contributed by atoms with Gasteiger partial charge in [-0.2, -0.15) is 0 Å². The van der Waals surface area contributed by atoms with Gasteiger partial charge in [-0.15, -0.1) is 0 Å². The summed E-state index contributed by atoms with van der Waals surface area (Å²) in [5.41, 5.74) is 6.46. The molecule has 4 fully saturated rings. The number of rotatable bonds is 5. The van der Waals surface area contributed by atoms with Crippen molar-refractivity contribution >= 4 is 0 Å². The van der Waals surface area contributed by atoms with Crippen LogP contribution in [-0.2, 0) is 0 Å². The second-order valence-corrected chi connectivity index (χ2v) is 7.28. The molecule has 2 heteroatoms. The third-order valence-corrected chi connectivity index (χ3v) is 6.62. The summed E-state index contributed by atoms with van der Waals surface area (Å²) in [6, 6.07) is 0.913. The Balaban J connectivity index is 1.25. The van der Waals surface area contributed by atoms with Crippen molar-refractivity contribution in [2.24, 2.45) is 34.8 Å². The molecule has 0 amide bonds. The molecule has 0 aromatic heterocycles. The van der Waals surface area contributed by atoms with Gasteiger partial charge in [0.2, 0.25) is 0 Å². The van der Waals surface area contributed by atoms with Crippen LogP contribution in [-0.4, -0.2) is 19.1 Å². The average Bonchev–Trinajstić information content (AvgIpc) is 2.70. The Bertz CT molecular complexity index is 289. The zero-order valence-electron chi connectivity index (χ0n) is 10.8. The summed E-state index contributed by atoms with van der Waals surface area (Å²) in [6.45, 7) is 2.14. The molecule has 96 valence electrons. The van der Waals surface area contributed by atoms with E-state index in [0.29, 0.717) is 5.41 Å². The minimum atomic E-state index is 0.538. The van der Waals surface area contributed by atoms with E-state index in [1.165, 1.54) is 45.1 Å². The molecule has 0 aromatic carbocycles. The molecular weight excluding hydrogens is 208 g/mol. The van der Waals surface area contributed by atoms with Crippen LogP contribution in [0.15, 0.2) is 0 Å². The quantitative estimate of drug-likeness (QED) is 0.765. The molecule has 0 radical (unpaired) electrons. The molecule has 2 bridgehead atoms. The molecule has 4 aliphatic rings. The minimum absolute atomic E-state index is 0.538. The lowest BCUT2D eigenvalue weighted by atomic mass is 9.67. The van der Waals surface area contributed by atoms with Gasteiger partial charge < -0.3 is 11.1 Å². The largest absolute Gasteiger partial charge is 0.330 e. The first-order chi connectivity index (χ1) is 8.33. The molecule has 2 nitrogen and oxygen atoms in total. The van der Waals surface area contributed by atoms with E-state index < -0.39 is 0 Å². The van der Waals surface area contributed by atoms with Crippen molar-refractivity contribution in [3.8, 4) is 0 Å². The Morgan fingerprint density at radius 3 is 2.35 bits per heavy atom. The lowest BCUT2D eigenvalue weighted by Gasteiger charge is -2.41. The Kier molecular flexibility index (Phi) is 2.36. The lowest BCUT2D eigenvalue weighted by Crippen LogP contribution is -2.40. The standard InChI is InChI=1S/C15H26N2/c16-9-15(4-1-5-15)6-7-17-14-12-10-2-3-11(8-10)13(12)14/h10-14,17H,1-9,16H2. The Morgan fingerprint density at radius 2 is 1.82 bits per heavy atom. The Morgan fingerprint density at radius 1 is 1.12 bits per heavy atom. The van der Waals surface area contributed by atoms with Crippen molar-refractivity contribution in [1.82, 2.24) is 5.32 Å². The highest BCUT2D eigenvalue weighted by Gasteiger charge is 2.64. The van der Waals surface area contributed by atoms with Crippen LogP contribution >= 0.6 is 0 Å². The zero-order chi connectivity index (χ0) is 11.5.